The first kappa shape index (κ1) is 21.5. The van der Waals surface area contributed by atoms with Gasteiger partial charge in [-0.05, 0) is 38.3 Å². The summed E-state index contributed by atoms with van der Waals surface area (Å²) in [5.74, 6) is 0.452. The van der Waals surface area contributed by atoms with E-state index in [9.17, 15) is 19.8 Å². The molecule has 2 unspecified atom stereocenters. The minimum Gasteiger partial charge on any atom is -0.444 e. The predicted octanol–water partition coefficient (Wildman–Crippen LogP) is 2.78. The highest BCUT2D eigenvalue weighted by molar-refractivity contribution is 8.13. The van der Waals surface area contributed by atoms with Gasteiger partial charge >= 0.3 is 6.09 Å². The van der Waals surface area contributed by atoms with E-state index >= 15 is 0 Å². The lowest BCUT2D eigenvalue weighted by molar-refractivity contribution is -0.109. The van der Waals surface area contributed by atoms with Crippen molar-refractivity contribution in [1.82, 2.24) is 5.32 Å². The number of aliphatic hydroxyl groups is 2. The summed E-state index contributed by atoms with van der Waals surface area (Å²) in [5.41, 5.74) is 0.779. The van der Waals surface area contributed by atoms with Crippen LogP contribution in [0.15, 0.2) is 24.3 Å². The third kappa shape index (κ3) is 8.90. The maximum atomic E-state index is 11.7. The van der Waals surface area contributed by atoms with Crippen LogP contribution in [-0.2, 0) is 16.1 Å². The van der Waals surface area contributed by atoms with Crippen LogP contribution < -0.4 is 5.32 Å². The van der Waals surface area contributed by atoms with Crippen LogP contribution in [0.2, 0.25) is 0 Å². The number of rotatable bonds is 7. The van der Waals surface area contributed by atoms with Gasteiger partial charge in [0.25, 0.3) is 0 Å². The second-order valence-corrected chi connectivity index (χ2v) is 8.01. The Balaban J connectivity index is 2.58. The second kappa shape index (κ2) is 9.79. The number of hydrogen-bond acceptors (Lipinski definition) is 6. The number of amides is 1. The summed E-state index contributed by atoms with van der Waals surface area (Å²) in [4.78, 5) is 22.6. The summed E-state index contributed by atoms with van der Waals surface area (Å²) >= 11 is 1.12. The molecule has 7 heteroatoms. The predicted molar refractivity (Wildman–Crippen MR) is 98.2 cm³/mol. The van der Waals surface area contributed by atoms with Crippen LogP contribution >= 0.6 is 11.8 Å². The minimum atomic E-state index is -1.05. The number of alkyl carbamates (subject to hydrolysis) is 1. The number of carbonyl (C=O) groups excluding carboxylic acids is 2. The van der Waals surface area contributed by atoms with Gasteiger partial charge in [0.1, 0.15) is 11.7 Å². The van der Waals surface area contributed by atoms with Gasteiger partial charge in [0.05, 0.1) is 6.10 Å². The molecular formula is C18H27NO5S. The van der Waals surface area contributed by atoms with Crippen LogP contribution in [0.4, 0.5) is 4.79 Å². The van der Waals surface area contributed by atoms with Crippen molar-refractivity contribution in [2.45, 2.75) is 58.5 Å². The van der Waals surface area contributed by atoms with Crippen molar-refractivity contribution in [3.05, 3.63) is 35.4 Å². The maximum Gasteiger partial charge on any atom is 0.407 e. The molecule has 0 spiro atoms. The van der Waals surface area contributed by atoms with Gasteiger partial charge in [0, 0.05) is 19.2 Å². The van der Waals surface area contributed by atoms with Crippen LogP contribution in [-0.4, -0.2) is 38.9 Å². The van der Waals surface area contributed by atoms with Gasteiger partial charge in [0.15, 0.2) is 5.12 Å². The average Bonchev–Trinajstić information content (AvgIpc) is 2.50. The van der Waals surface area contributed by atoms with E-state index in [2.05, 4.69) is 5.32 Å². The number of ether oxygens (including phenoxy) is 1. The van der Waals surface area contributed by atoms with Crippen molar-refractivity contribution in [3.8, 4) is 0 Å². The Kier molecular flexibility index (Phi) is 8.41. The van der Waals surface area contributed by atoms with Crippen molar-refractivity contribution in [2.75, 3.05) is 5.75 Å². The highest BCUT2D eigenvalue weighted by atomic mass is 32.2. The van der Waals surface area contributed by atoms with Gasteiger partial charge in [-0.15, -0.1) is 0 Å². The summed E-state index contributed by atoms with van der Waals surface area (Å²) in [5, 5.41) is 22.9. The normalized spacial score (nSPS) is 13.8. The number of aliphatic hydroxyl groups excluding tert-OH is 2. The van der Waals surface area contributed by atoms with Gasteiger partial charge in [-0.2, -0.15) is 0 Å². The smallest absolute Gasteiger partial charge is 0.407 e. The first-order chi connectivity index (χ1) is 11.6. The van der Waals surface area contributed by atoms with E-state index in [-0.39, 0.29) is 11.7 Å². The minimum absolute atomic E-state index is 0.0168. The summed E-state index contributed by atoms with van der Waals surface area (Å²) < 4.78 is 5.17. The van der Waals surface area contributed by atoms with Gasteiger partial charge in [-0.25, -0.2) is 4.79 Å². The summed E-state index contributed by atoms with van der Waals surface area (Å²) in [7, 11) is 0. The van der Waals surface area contributed by atoms with Crippen molar-refractivity contribution >= 4 is 23.0 Å². The first-order valence-corrected chi connectivity index (χ1v) is 9.12. The van der Waals surface area contributed by atoms with Crippen molar-refractivity contribution in [2.24, 2.45) is 0 Å². The van der Waals surface area contributed by atoms with Crippen LogP contribution in [0.1, 0.15) is 51.3 Å². The SMILES string of the molecule is CC(=O)SCCC(O)C(O)c1cccc(CNC(=O)OC(C)(C)C)c1. The quantitative estimate of drug-likeness (QED) is 0.684. The molecule has 6 nitrogen and oxygen atoms in total. The van der Waals surface area contributed by atoms with Crippen LogP contribution in [0.25, 0.3) is 0 Å². The molecule has 1 aromatic carbocycles. The van der Waals surface area contributed by atoms with E-state index in [1.807, 2.05) is 6.07 Å². The molecule has 3 N–H and O–H groups in total. The van der Waals surface area contributed by atoms with Crippen molar-refractivity contribution < 1.29 is 24.5 Å². The van der Waals surface area contributed by atoms with Crippen LogP contribution in [0, 0.1) is 0 Å². The van der Waals surface area contributed by atoms with Gasteiger partial charge in [0.2, 0.25) is 0 Å². The first-order valence-electron chi connectivity index (χ1n) is 8.13. The van der Waals surface area contributed by atoms with E-state index in [1.54, 1.807) is 39.0 Å². The molecule has 1 aromatic rings. The topological polar surface area (TPSA) is 95.9 Å². The second-order valence-electron chi connectivity index (χ2n) is 6.74. The lowest BCUT2D eigenvalue weighted by atomic mass is 10.0. The highest BCUT2D eigenvalue weighted by Gasteiger charge is 2.19. The molecule has 1 amide bonds. The Morgan fingerprint density at radius 3 is 2.56 bits per heavy atom. The molecule has 1 rings (SSSR count). The summed E-state index contributed by atoms with van der Waals surface area (Å²) in [6, 6.07) is 7.00. The highest BCUT2D eigenvalue weighted by Crippen LogP contribution is 2.21. The van der Waals surface area contributed by atoms with Gasteiger partial charge in [-0.1, -0.05) is 36.0 Å². The van der Waals surface area contributed by atoms with Gasteiger partial charge < -0.3 is 20.3 Å². The molecule has 0 radical (unpaired) electrons. The summed E-state index contributed by atoms with van der Waals surface area (Å²) in [6.07, 6.45) is -2.21. The van der Waals surface area contributed by atoms with Crippen molar-refractivity contribution in [3.63, 3.8) is 0 Å². The molecule has 0 aliphatic carbocycles. The molecule has 0 aliphatic heterocycles. The van der Waals surface area contributed by atoms with E-state index in [4.69, 9.17) is 4.74 Å². The molecule has 0 bridgehead atoms. The molecule has 0 saturated carbocycles. The lowest BCUT2D eigenvalue weighted by Gasteiger charge is -2.20. The maximum absolute atomic E-state index is 11.7. The number of nitrogens with one attached hydrogen (secondary N) is 1. The summed E-state index contributed by atoms with van der Waals surface area (Å²) in [6.45, 7) is 7.08. The van der Waals surface area contributed by atoms with E-state index in [0.717, 1.165) is 17.3 Å². The average molecular weight is 369 g/mol. The Labute approximate surface area is 153 Å². The van der Waals surface area contributed by atoms with E-state index in [1.165, 1.54) is 6.92 Å². The fourth-order valence-electron chi connectivity index (χ4n) is 2.08. The molecule has 0 aliphatic rings. The largest absolute Gasteiger partial charge is 0.444 e. The third-order valence-electron chi connectivity index (χ3n) is 3.21. The molecule has 25 heavy (non-hydrogen) atoms. The Bertz CT molecular complexity index is 585. The third-order valence-corrected chi connectivity index (χ3v) is 4.06. The molecular weight excluding hydrogens is 342 g/mol. The fourth-order valence-corrected chi connectivity index (χ4v) is 2.73. The Morgan fingerprint density at radius 2 is 1.96 bits per heavy atom. The molecule has 0 saturated heterocycles. The Morgan fingerprint density at radius 1 is 1.28 bits per heavy atom. The zero-order valence-corrected chi connectivity index (χ0v) is 15.9. The molecule has 2 atom stereocenters. The molecule has 140 valence electrons. The van der Waals surface area contributed by atoms with Gasteiger partial charge in [-0.3, -0.25) is 4.79 Å². The molecule has 0 fully saturated rings. The zero-order chi connectivity index (χ0) is 19.0. The van der Waals surface area contributed by atoms with E-state index < -0.39 is 23.9 Å². The Hall–Kier alpha value is -1.57. The monoisotopic (exact) mass is 369 g/mol. The van der Waals surface area contributed by atoms with Crippen LogP contribution in [0.5, 0.6) is 0 Å². The fraction of sp³-hybridized carbons (Fsp3) is 0.556. The molecule has 0 aromatic heterocycles. The zero-order valence-electron chi connectivity index (χ0n) is 15.1. The lowest BCUT2D eigenvalue weighted by Crippen LogP contribution is -2.32. The molecule has 0 heterocycles. The number of thioether (sulfide) groups is 1. The van der Waals surface area contributed by atoms with E-state index in [0.29, 0.717) is 17.7 Å². The standard InChI is InChI=1S/C18H27NO5S/c1-12(20)25-9-8-15(21)16(22)14-7-5-6-13(10-14)11-19-17(23)24-18(2,3)4/h5-7,10,15-16,21-22H,8-9,11H2,1-4H3,(H,19,23). The number of carbonyl (C=O) groups is 2. The number of hydrogen-bond donors (Lipinski definition) is 3. The number of benzene rings is 1. The van der Waals surface area contributed by atoms with Crippen molar-refractivity contribution in [1.29, 1.82) is 0 Å². The van der Waals surface area contributed by atoms with Crippen LogP contribution in [0.3, 0.4) is 0 Å².